The van der Waals surface area contributed by atoms with Crippen molar-refractivity contribution < 1.29 is 9.84 Å². The van der Waals surface area contributed by atoms with Gasteiger partial charge in [-0.2, -0.15) is 0 Å². The van der Waals surface area contributed by atoms with E-state index in [4.69, 9.17) is 53.1 Å². The second-order valence-electron chi connectivity index (χ2n) is 4.70. The highest BCUT2D eigenvalue weighted by Crippen LogP contribution is 2.46. The summed E-state index contributed by atoms with van der Waals surface area (Å²) >= 11 is 13.0. The van der Waals surface area contributed by atoms with Crippen LogP contribution in [0.25, 0.3) is 11.1 Å². The number of aromatic nitrogens is 1. The standard InChI is InChI=1S/C15H12BCl2N3O3S/c1-2-5-21-14(19)13(25-20)11(22)10(15(21)23)9-7(17)3-4-8(18)12(9)24-6-16/h1,3-4,22H,5-6,19-20H2. The number of hydrogen-bond acceptors (Lipinski definition) is 6. The molecule has 10 heteroatoms. The van der Waals surface area contributed by atoms with E-state index in [2.05, 4.69) is 5.92 Å². The van der Waals surface area contributed by atoms with E-state index in [1.54, 1.807) is 0 Å². The molecule has 1 aromatic carbocycles. The number of halogens is 2. The van der Waals surface area contributed by atoms with Gasteiger partial charge in [-0.25, -0.2) is 0 Å². The van der Waals surface area contributed by atoms with E-state index in [1.807, 2.05) is 0 Å². The Hall–Kier alpha value is -1.92. The van der Waals surface area contributed by atoms with Crippen molar-refractivity contribution >= 4 is 48.8 Å². The van der Waals surface area contributed by atoms with Gasteiger partial charge in [-0.15, -0.1) is 6.42 Å². The molecule has 2 aromatic rings. The first kappa shape index (κ1) is 19.4. The van der Waals surface area contributed by atoms with Crippen molar-refractivity contribution in [3.05, 3.63) is 32.5 Å². The fourth-order valence-electron chi connectivity index (χ4n) is 2.28. The molecular weight excluding hydrogens is 384 g/mol. The first-order chi connectivity index (χ1) is 11.9. The minimum absolute atomic E-state index is 0.0501. The molecule has 25 heavy (non-hydrogen) atoms. The molecule has 5 N–H and O–H groups in total. The maximum atomic E-state index is 12.9. The van der Waals surface area contributed by atoms with Crippen molar-refractivity contribution in [1.29, 1.82) is 0 Å². The third-order valence-corrected chi connectivity index (χ3v) is 4.59. The van der Waals surface area contributed by atoms with Gasteiger partial charge in [0.2, 0.25) is 0 Å². The second kappa shape index (κ2) is 7.98. The lowest BCUT2D eigenvalue weighted by Crippen LogP contribution is -2.25. The first-order valence-corrected chi connectivity index (χ1v) is 8.39. The van der Waals surface area contributed by atoms with Gasteiger partial charge in [0.05, 0.1) is 27.7 Å². The molecule has 6 nitrogen and oxygen atoms in total. The number of nitrogens with zero attached hydrogens (tertiary/aromatic N) is 1. The van der Waals surface area contributed by atoms with Gasteiger partial charge in [0.25, 0.3) is 5.56 Å². The molecule has 1 heterocycles. The molecule has 0 aliphatic rings. The topological polar surface area (TPSA) is 104 Å². The Morgan fingerprint density at radius 3 is 2.56 bits per heavy atom. The third kappa shape index (κ3) is 3.41. The number of nitrogens with two attached hydrogens (primary N) is 2. The molecule has 0 spiro atoms. The summed E-state index contributed by atoms with van der Waals surface area (Å²) in [7, 11) is 5.42. The van der Waals surface area contributed by atoms with Crippen LogP contribution < -0.4 is 21.2 Å². The predicted molar refractivity (Wildman–Crippen MR) is 102 cm³/mol. The molecule has 0 amide bonds. The van der Waals surface area contributed by atoms with Gasteiger partial charge in [0.15, 0.2) is 0 Å². The lowest BCUT2D eigenvalue weighted by molar-refractivity contribution is 0.388. The SMILES string of the molecule is [B]COc1c(Cl)ccc(Cl)c1-c1c(O)c(SN)c(N)n(CC#C)c1=O. The van der Waals surface area contributed by atoms with Gasteiger partial charge in [-0.3, -0.25) is 14.5 Å². The minimum Gasteiger partial charge on any atom is -0.506 e. The summed E-state index contributed by atoms with van der Waals surface area (Å²) in [6, 6.07) is 2.93. The number of ether oxygens (including phenoxy) is 1. The van der Waals surface area contributed by atoms with Crippen LogP contribution in [0.2, 0.25) is 10.0 Å². The molecule has 0 saturated carbocycles. The van der Waals surface area contributed by atoms with Crippen LogP contribution in [-0.2, 0) is 6.54 Å². The van der Waals surface area contributed by atoms with E-state index in [-0.39, 0.29) is 50.7 Å². The van der Waals surface area contributed by atoms with Crippen molar-refractivity contribution in [3.63, 3.8) is 0 Å². The Labute approximate surface area is 159 Å². The van der Waals surface area contributed by atoms with Crippen LogP contribution in [0.15, 0.2) is 21.8 Å². The summed E-state index contributed by atoms with van der Waals surface area (Å²) < 4.78 is 6.40. The van der Waals surface area contributed by atoms with Crippen LogP contribution >= 0.6 is 35.1 Å². The van der Waals surface area contributed by atoms with E-state index in [9.17, 15) is 9.90 Å². The molecule has 2 rings (SSSR count). The molecule has 128 valence electrons. The van der Waals surface area contributed by atoms with Crippen molar-refractivity contribution in [3.8, 4) is 35.0 Å². The van der Waals surface area contributed by atoms with E-state index < -0.39 is 11.3 Å². The molecule has 0 atom stereocenters. The Morgan fingerprint density at radius 1 is 1.36 bits per heavy atom. The maximum Gasteiger partial charge on any atom is 0.264 e. The summed E-state index contributed by atoms with van der Waals surface area (Å²) in [6.07, 6.45) is 5.29. The van der Waals surface area contributed by atoms with Crippen molar-refractivity contribution in [2.75, 3.05) is 12.2 Å². The van der Waals surface area contributed by atoms with Gasteiger partial charge in [-0.05, 0) is 24.1 Å². The Bertz CT molecular complexity index is 928. The molecule has 0 aliphatic carbocycles. The Morgan fingerprint density at radius 2 is 2.00 bits per heavy atom. The maximum absolute atomic E-state index is 12.9. The first-order valence-electron chi connectivity index (χ1n) is 6.75. The monoisotopic (exact) mass is 395 g/mol. The van der Waals surface area contributed by atoms with Gasteiger partial charge in [0.1, 0.15) is 30.1 Å². The largest absolute Gasteiger partial charge is 0.506 e. The average Bonchev–Trinajstić information content (AvgIpc) is 2.58. The van der Waals surface area contributed by atoms with Gasteiger partial charge in [-0.1, -0.05) is 29.1 Å². The van der Waals surface area contributed by atoms with Crippen molar-refractivity contribution in [2.24, 2.45) is 5.14 Å². The van der Waals surface area contributed by atoms with Crippen LogP contribution in [0.3, 0.4) is 0 Å². The van der Waals surface area contributed by atoms with Crippen molar-refractivity contribution in [1.82, 2.24) is 4.57 Å². The average molecular weight is 396 g/mol. The number of terminal acetylenes is 1. The number of pyridine rings is 1. The highest BCUT2D eigenvalue weighted by molar-refractivity contribution is 7.97. The summed E-state index contributed by atoms with van der Waals surface area (Å²) in [5, 5.41) is 16.4. The summed E-state index contributed by atoms with van der Waals surface area (Å²) in [4.78, 5) is 12.9. The molecule has 0 saturated heterocycles. The zero-order valence-electron chi connectivity index (χ0n) is 12.8. The molecule has 0 unspecified atom stereocenters. The summed E-state index contributed by atoms with van der Waals surface area (Å²) in [5.41, 5.74) is 5.11. The molecule has 2 radical (unpaired) electrons. The minimum atomic E-state index is -0.670. The number of hydrogen-bond donors (Lipinski definition) is 3. The van der Waals surface area contributed by atoms with Crippen LogP contribution in [0.1, 0.15) is 0 Å². The van der Waals surface area contributed by atoms with Gasteiger partial charge < -0.3 is 15.6 Å². The summed E-state index contributed by atoms with van der Waals surface area (Å²) in [6.45, 7) is -0.351. The van der Waals surface area contributed by atoms with E-state index >= 15 is 0 Å². The lowest BCUT2D eigenvalue weighted by atomic mass is 10.0. The molecule has 0 fully saturated rings. The van der Waals surface area contributed by atoms with Gasteiger partial charge in [0, 0.05) is 6.51 Å². The molecule has 1 aromatic heterocycles. The predicted octanol–water partition coefficient (Wildman–Crippen LogP) is 2.21. The Balaban J connectivity index is 2.99. The zero-order chi connectivity index (χ0) is 18.7. The lowest BCUT2D eigenvalue weighted by Gasteiger charge is -2.19. The normalized spacial score (nSPS) is 10.5. The summed E-state index contributed by atoms with van der Waals surface area (Å²) in [5.74, 6) is 1.86. The van der Waals surface area contributed by atoms with E-state index in [0.717, 1.165) is 4.57 Å². The number of nitrogen functional groups attached to an aromatic ring is 1. The molecule has 0 bridgehead atoms. The van der Waals surface area contributed by atoms with Gasteiger partial charge >= 0.3 is 0 Å². The van der Waals surface area contributed by atoms with Crippen LogP contribution in [0.4, 0.5) is 5.82 Å². The highest BCUT2D eigenvalue weighted by atomic mass is 35.5. The van der Waals surface area contributed by atoms with E-state index in [1.165, 1.54) is 12.1 Å². The number of rotatable bonds is 5. The van der Waals surface area contributed by atoms with E-state index in [0.29, 0.717) is 11.9 Å². The molecular formula is C15H12BCl2N3O3S. The smallest absolute Gasteiger partial charge is 0.264 e. The number of aromatic hydroxyl groups is 1. The fourth-order valence-corrected chi connectivity index (χ4v) is 3.18. The van der Waals surface area contributed by atoms with Crippen LogP contribution in [0.5, 0.6) is 11.5 Å². The van der Waals surface area contributed by atoms with Crippen LogP contribution in [0, 0.1) is 12.3 Å². The quantitative estimate of drug-likeness (QED) is 0.407. The highest BCUT2D eigenvalue weighted by Gasteiger charge is 2.26. The Kier molecular flexibility index (Phi) is 6.19. The number of benzene rings is 1. The third-order valence-electron chi connectivity index (χ3n) is 3.34. The van der Waals surface area contributed by atoms with Crippen LogP contribution in [-0.4, -0.2) is 24.0 Å². The zero-order valence-corrected chi connectivity index (χ0v) is 15.1. The number of anilines is 1. The van der Waals surface area contributed by atoms with Crippen molar-refractivity contribution in [2.45, 2.75) is 11.4 Å². The molecule has 0 aliphatic heterocycles. The fraction of sp³-hybridized carbons (Fsp3) is 0.133. The second-order valence-corrected chi connectivity index (χ2v) is 6.15.